The molecule has 0 saturated heterocycles. The molecule has 1 aromatic carbocycles. The average molecular weight is 370 g/mol. The van der Waals surface area contributed by atoms with E-state index in [1.54, 1.807) is 53.9 Å². The smallest absolute Gasteiger partial charge is 0.254 e. The zero-order valence-electron chi connectivity index (χ0n) is 14.2. The number of aromatic nitrogens is 1. The van der Waals surface area contributed by atoms with Gasteiger partial charge in [0.25, 0.3) is 5.91 Å². The summed E-state index contributed by atoms with van der Waals surface area (Å²) < 4.78 is 28.9. The predicted octanol–water partition coefficient (Wildman–Crippen LogP) is 2.92. The monoisotopic (exact) mass is 370 g/mol. The van der Waals surface area contributed by atoms with E-state index >= 15 is 0 Å². The first-order chi connectivity index (χ1) is 12.4. The number of hydrogen-bond acceptors (Lipinski definition) is 5. The molecule has 0 spiro atoms. The maximum atomic E-state index is 13.0. The van der Waals surface area contributed by atoms with Gasteiger partial charge in [-0.15, -0.1) is 0 Å². The van der Waals surface area contributed by atoms with E-state index in [2.05, 4.69) is 4.98 Å². The molecule has 0 aliphatic rings. The molecule has 6 nitrogen and oxygen atoms in total. The van der Waals surface area contributed by atoms with Crippen LogP contribution in [-0.2, 0) is 22.9 Å². The quantitative estimate of drug-likeness (QED) is 0.666. The molecule has 0 N–H and O–H groups in total. The molecule has 2 aromatic heterocycles. The molecule has 3 aromatic rings. The summed E-state index contributed by atoms with van der Waals surface area (Å²) in [5.41, 5.74) is 1.18. The van der Waals surface area contributed by atoms with Crippen molar-refractivity contribution in [1.82, 2.24) is 9.88 Å². The Morgan fingerprint density at radius 3 is 2.62 bits per heavy atom. The number of carbonyl (C=O) groups excluding carboxylic acids is 1. The second-order valence-electron chi connectivity index (χ2n) is 5.90. The minimum atomic E-state index is -3.39. The molecule has 0 aliphatic carbocycles. The van der Waals surface area contributed by atoms with Crippen molar-refractivity contribution in [2.75, 3.05) is 6.26 Å². The summed E-state index contributed by atoms with van der Waals surface area (Å²) in [5, 5.41) is 0. The highest BCUT2D eigenvalue weighted by molar-refractivity contribution is 7.90. The van der Waals surface area contributed by atoms with E-state index in [-0.39, 0.29) is 17.3 Å². The number of rotatable bonds is 6. The number of carbonyl (C=O) groups is 1. The number of pyridine rings is 1. The molecular weight excluding hydrogens is 352 g/mol. The zero-order valence-corrected chi connectivity index (χ0v) is 15.0. The van der Waals surface area contributed by atoms with Gasteiger partial charge >= 0.3 is 0 Å². The van der Waals surface area contributed by atoms with Crippen LogP contribution < -0.4 is 0 Å². The highest BCUT2D eigenvalue weighted by atomic mass is 32.2. The first-order valence-electron chi connectivity index (χ1n) is 7.94. The molecule has 0 atom stereocenters. The van der Waals surface area contributed by atoms with Gasteiger partial charge in [0.1, 0.15) is 5.76 Å². The number of hydrogen-bond donors (Lipinski definition) is 0. The molecule has 26 heavy (non-hydrogen) atoms. The fourth-order valence-electron chi connectivity index (χ4n) is 2.54. The summed E-state index contributed by atoms with van der Waals surface area (Å²) in [4.78, 5) is 18.8. The van der Waals surface area contributed by atoms with Crippen molar-refractivity contribution >= 4 is 15.7 Å². The van der Waals surface area contributed by atoms with Crippen LogP contribution in [0.1, 0.15) is 21.7 Å². The van der Waals surface area contributed by atoms with Gasteiger partial charge in [-0.25, -0.2) is 8.42 Å². The summed E-state index contributed by atoms with van der Waals surface area (Å²) in [6, 6.07) is 13.3. The molecule has 0 aliphatic heterocycles. The number of amides is 1. The van der Waals surface area contributed by atoms with Crippen LogP contribution in [0.15, 0.2) is 76.5 Å². The second kappa shape index (κ2) is 7.53. The van der Waals surface area contributed by atoms with Crippen molar-refractivity contribution in [1.29, 1.82) is 0 Å². The fraction of sp³-hybridized carbons (Fsp3) is 0.158. The van der Waals surface area contributed by atoms with Gasteiger partial charge in [-0.05, 0) is 42.0 Å². The number of sulfone groups is 1. The fourth-order valence-corrected chi connectivity index (χ4v) is 3.21. The summed E-state index contributed by atoms with van der Waals surface area (Å²) >= 11 is 0. The lowest BCUT2D eigenvalue weighted by Gasteiger charge is -2.22. The molecular formula is C19H18N2O4S. The van der Waals surface area contributed by atoms with E-state index in [1.807, 2.05) is 6.07 Å². The Morgan fingerprint density at radius 2 is 1.96 bits per heavy atom. The highest BCUT2D eigenvalue weighted by Gasteiger charge is 2.19. The second-order valence-corrected chi connectivity index (χ2v) is 7.92. The van der Waals surface area contributed by atoms with Crippen molar-refractivity contribution in [2.45, 2.75) is 18.0 Å². The summed E-state index contributed by atoms with van der Waals surface area (Å²) in [6.07, 6.45) is 6.02. The van der Waals surface area contributed by atoms with Crippen LogP contribution in [0.2, 0.25) is 0 Å². The number of benzene rings is 1. The van der Waals surface area contributed by atoms with Crippen LogP contribution in [0.4, 0.5) is 0 Å². The van der Waals surface area contributed by atoms with Crippen molar-refractivity contribution in [3.8, 4) is 0 Å². The van der Waals surface area contributed by atoms with Crippen molar-refractivity contribution < 1.29 is 17.6 Å². The van der Waals surface area contributed by atoms with E-state index in [0.717, 1.165) is 11.8 Å². The first-order valence-corrected chi connectivity index (χ1v) is 9.83. The molecule has 1 amide bonds. The SMILES string of the molecule is CS(=O)(=O)c1cccc(C(=O)N(Cc2cccnc2)Cc2ccco2)c1. The Labute approximate surface area is 152 Å². The van der Waals surface area contributed by atoms with Crippen LogP contribution in [0.5, 0.6) is 0 Å². The normalized spacial score (nSPS) is 11.3. The molecule has 0 fully saturated rings. The Hall–Kier alpha value is -2.93. The van der Waals surface area contributed by atoms with Gasteiger partial charge in [0.2, 0.25) is 0 Å². The molecule has 0 saturated carbocycles. The third-order valence-corrected chi connectivity index (χ3v) is 4.93. The van der Waals surface area contributed by atoms with E-state index in [1.165, 1.54) is 12.1 Å². The minimum absolute atomic E-state index is 0.114. The van der Waals surface area contributed by atoms with Gasteiger partial charge in [0.05, 0.1) is 17.7 Å². The van der Waals surface area contributed by atoms with Crippen LogP contribution in [0.3, 0.4) is 0 Å². The molecule has 0 radical (unpaired) electrons. The highest BCUT2D eigenvalue weighted by Crippen LogP contribution is 2.17. The third-order valence-electron chi connectivity index (χ3n) is 3.82. The summed E-state index contributed by atoms with van der Waals surface area (Å²) in [5.74, 6) is 0.359. The van der Waals surface area contributed by atoms with Gasteiger partial charge in [-0.3, -0.25) is 9.78 Å². The molecule has 3 rings (SSSR count). The van der Waals surface area contributed by atoms with Gasteiger partial charge in [-0.2, -0.15) is 0 Å². The van der Waals surface area contributed by atoms with Crippen LogP contribution >= 0.6 is 0 Å². The number of nitrogens with zero attached hydrogens (tertiary/aromatic N) is 2. The largest absolute Gasteiger partial charge is 0.467 e. The predicted molar refractivity (Wildman–Crippen MR) is 96.1 cm³/mol. The molecule has 0 unspecified atom stereocenters. The van der Waals surface area contributed by atoms with Crippen molar-refractivity contribution in [3.05, 3.63) is 84.1 Å². The minimum Gasteiger partial charge on any atom is -0.467 e. The lowest BCUT2D eigenvalue weighted by molar-refractivity contribution is 0.0717. The maximum Gasteiger partial charge on any atom is 0.254 e. The topological polar surface area (TPSA) is 80.5 Å². The van der Waals surface area contributed by atoms with E-state index in [0.29, 0.717) is 17.9 Å². The zero-order chi connectivity index (χ0) is 18.6. The van der Waals surface area contributed by atoms with E-state index in [9.17, 15) is 13.2 Å². The Balaban J connectivity index is 1.91. The Morgan fingerprint density at radius 1 is 1.12 bits per heavy atom. The Bertz CT molecular complexity index is 983. The van der Waals surface area contributed by atoms with Crippen molar-refractivity contribution in [3.63, 3.8) is 0 Å². The van der Waals surface area contributed by atoms with Gasteiger partial charge < -0.3 is 9.32 Å². The molecule has 2 heterocycles. The molecule has 0 bridgehead atoms. The summed E-state index contributed by atoms with van der Waals surface area (Å²) in [6.45, 7) is 0.598. The van der Waals surface area contributed by atoms with E-state index < -0.39 is 9.84 Å². The number of furan rings is 1. The molecule has 134 valence electrons. The third kappa shape index (κ3) is 4.37. The van der Waals surface area contributed by atoms with Gasteiger partial charge in [0, 0.05) is 30.8 Å². The molecule has 7 heteroatoms. The van der Waals surface area contributed by atoms with Crippen molar-refractivity contribution in [2.24, 2.45) is 0 Å². The summed E-state index contributed by atoms with van der Waals surface area (Å²) in [7, 11) is -3.39. The lowest BCUT2D eigenvalue weighted by Crippen LogP contribution is -2.30. The van der Waals surface area contributed by atoms with E-state index in [4.69, 9.17) is 4.42 Å². The van der Waals surface area contributed by atoms with Crippen LogP contribution in [0, 0.1) is 0 Å². The van der Waals surface area contributed by atoms with Crippen LogP contribution in [-0.4, -0.2) is 30.5 Å². The van der Waals surface area contributed by atoms with Gasteiger partial charge in [-0.1, -0.05) is 12.1 Å². The average Bonchev–Trinajstić information content (AvgIpc) is 3.14. The standard InChI is InChI=1S/C19H18N2O4S/c1-26(23,24)18-8-2-6-16(11-18)19(22)21(14-17-7-4-10-25-17)13-15-5-3-9-20-12-15/h2-12H,13-14H2,1H3. The lowest BCUT2D eigenvalue weighted by atomic mass is 10.1. The first kappa shape index (κ1) is 17.9. The van der Waals surface area contributed by atoms with Gasteiger partial charge in [0.15, 0.2) is 9.84 Å². The van der Waals surface area contributed by atoms with Crippen LogP contribution in [0.25, 0.3) is 0 Å². The Kier molecular flexibility index (Phi) is 5.18. The maximum absolute atomic E-state index is 13.0.